The number of nitrogens with one attached hydrogen (secondary N) is 1. The maximum Gasteiger partial charge on any atom is 0.330 e. The van der Waals surface area contributed by atoms with Gasteiger partial charge in [0.25, 0.3) is 13.9 Å². The second-order valence-corrected chi connectivity index (χ2v) is 14.3. The van der Waals surface area contributed by atoms with Gasteiger partial charge in [-0.3, -0.25) is 19.1 Å². The summed E-state index contributed by atoms with van der Waals surface area (Å²) in [4.78, 5) is 37.8. The van der Waals surface area contributed by atoms with Crippen LogP contribution in [0.25, 0.3) is 0 Å². The van der Waals surface area contributed by atoms with Gasteiger partial charge in [0.2, 0.25) is 0 Å². The lowest BCUT2D eigenvalue weighted by Crippen LogP contribution is -2.67. The average Bonchev–Trinajstić information content (AvgIpc) is 3.26. The van der Waals surface area contributed by atoms with E-state index in [0.717, 1.165) is 10.4 Å². The Morgan fingerprint density at radius 1 is 1.00 bits per heavy atom. The topological polar surface area (TPSA) is 99.6 Å². The molecule has 2 aromatic carbocycles. The molecule has 9 heteroatoms. The molecule has 1 aromatic heterocycles. The van der Waals surface area contributed by atoms with E-state index >= 15 is 0 Å². The minimum atomic E-state index is -2.81. The lowest BCUT2D eigenvalue weighted by molar-refractivity contribution is -0.140. The summed E-state index contributed by atoms with van der Waals surface area (Å²) in [6.07, 6.45) is 1.87. The fraction of sp³-hybridized carbons (Fsp3) is 0.321. The van der Waals surface area contributed by atoms with Gasteiger partial charge in [-0.1, -0.05) is 81.4 Å². The standard InChI is InChI=1S/C28H32N2O6Si/c1-20(31)34-18-21-17-22(36-26(21)30-16-15-25(32)29-27(30)33)19-35-37(28(2,3)4,23-11-7-5-8-12-23)24-13-9-6-10-14-24/h5-17,22,26H,18-19H2,1-4H3,(H,29,32,33)/t22-,26+/m0/s1. The maximum absolute atomic E-state index is 12.5. The van der Waals surface area contributed by atoms with Gasteiger partial charge in [-0.05, 0) is 21.5 Å². The van der Waals surface area contributed by atoms with Gasteiger partial charge in [0, 0.05) is 24.8 Å². The van der Waals surface area contributed by atoms with Crippen LogP contribution in [0.1, 0.15) is 33.9 Å². The highest BCUT2D eigenvalue weighted by Crippen LogP contribution is 2.37. The average molecular weight is 521 g/mol. The van der Waals surface area contributed by atoms with Gasteiger partial charge in [0.1, 0.15) is 12.7 Å². The van der Waals surface area contributed by atoms with E-state index in [1.165, 1.54) is 23.8 Å². The molecule has 0 radical (unpaired) electrons. The minimum Gasteiger partial charge on any atom is -0.461 e. The van der Waals surface area contributed by atoms with Crippen molar-refractivity contribution in [3.05, 3.63) is 105 Å². The van der Waals surface area contributed by atoms with Crippen molar-refractivity contribution in [1.82, 2.24) is 9.55 Å². The monoisotopic (exact) mass is 520 g/mol. The van der Waals surface area contributed by atoms with Gasteiger partial charge < -0.3 is 13.9 Å². The Balaban J connectivity index is 1.69. The number of carbonyl (C=O) groups excluding carboxylic acids is 1. The molecule has 0 aliphatic carbocycles. The zero-order valence-electron chi connectivity index (χ0n) is 21.5. The predicted molar refractivity (Wildman–Crippen MR) is 144 cm³/mol. The van der Waals surface area contributed by atoms with E-state index in [1.54, 1.807) is 0 Å². The van der Waals surface area contributed by atoms with Gasteiger partial charge in [0.15, 0.2) is 6.23 Å². The Labute approximate surface area is 216 Å². The number of ether oxygens (including phenoxy) is 2. The van der Waals surface area contributed by atoms with Gasteiger partial charge in [0.05, 0.1) is 6.61 Å². The molecule has 194 valence electrons. The van der Waals surface area contributed by atoms with Gasteiger partial charge in [-0.15, -0.1) is 0 Å². The molecule has 4 rings (SSSR count). The largest absolute Gasteiger partial charge is 0.461 e. The van der Waals surface area contributed by atoms with Crippen molar-refractivity contribution >= 4 is 24.7 Å². The Morgan fingerprint density at radius 2 is 1.59 bits per heavy atom. The highest BCUT2D eigenvalue weighted by atomic mass is 28.4. The van der Waals surface area contributed by atoms with E-state index in [4.69, 9.17) is 13.9 Å². The molecule has 0 unspecified atom stereocenters. The lowest BCUT2D eigenvalue weighted by atomic mass is 10.2. The third kappa shape index (κ3) is 5.58. The summed E-state index contributed by atoms with van der Waals surface area (Å²) in [5.74, 6) is -0.444. The van der Waals surface area contributed by atoms with E-state index in [1.807, 2.05) is 42.5 Å². The van der Waals surface area contributed by atoms with Crippen molar-refractivity contribution in [2.24, 2.45) is 0 Å². The van der Waals surface area contributed by atoms with Crippen LogP contribution in [0.3, 0.4) is 0 Å². The second kappa shape index (κ2) is 10.8. The van der Waals surface area contributed by atoms with Crippen LogP contribution in [0.5, 0.6) is 0 Å². The number of esters is 1. The highest BCUT2D eigenvalue weighted by molar-refractivity contribution is 6.99. The van der Waals surface area contributed by atoms with Gasteiger partial charge in [-0.25, -0.2) is 4.79 Å². The summed E-state index contributed by atoms with van der Waals surface area (Å²) in [5.41, 5.74) is -0.517. The molecule has 3 aromatic rings. The van der Waals surface area contributed by atoms with Gasteiger partial charge >= 0.3 is 11.7 Å². The Hall–Kier alpha value is -3.53. The first-order valence-corrected chi connectivity index (χ1v) is 14.1. The molecule has 0 amide bonds. The lowest BCUT2D eigenvalue weighted by Gasteiger charge is -2.43. The van der Waals surface area contributed by atoms with Crippen molar-refractivity contribution in [3.8, 4) is 0 Å². The fourth-order valence-electron chi connectivity index (χ4n) is 4.83. The molecule has 1 aliphatic rings. The third-order valence-electron chi connectivity index (χ3n) is 6.45. The smallest absolute Gasteiger partial charge is 0.330 e. The van der Waals surface area contributed by atoms with Crippen LogP contribution in [0.4, 0.5) is 0 Å². The number of hydrogen-bond acceptors (Lipinski definition) is 6. The molecule has 37 heavy (non-hydrogen) atoms. The summed E-state index contributed by atoms with van der Waals surface area (Å²) < 4.78 is 19.7. The number of aromatic nitrogens is 2. The summed E-state index contributed by atoms with van der Waals surface area (Å²) >= 11 is 0. The van der Waals surface area contributed by atoms with Crippen molar-refractivity contribution < 1.29 is 18.7 Å². The molecule has 0 bridgehead atoms. The van der Waals surface area contributed by atoms with E-state index in [2.05, 4.69) is 50.0 Å². The summed E-state index contributed by atoms with van der Waals surface area (Å²) in [6, 6.07) is 21.8. The molecule has 8 nitrogen and oxygen atoms in total. The van der Waals surface area contributed by atoms with Crippen LogP contribution < -0.4 is 21.6 Å². The molecule has 1 aliphatic heterocycles. The number of H-pyrrole nitrogens is 1. The van der Waals surface area contributed by atoms with Crippen molar-refractivity contribution in [1.29, 1.82) is 0 Å². The maximum atomic E-state index is 12.5. The van der Waals surface area contributed by atoms with Crippen LogP contribution in [-0.2, 0) is 18.7 Å². The number of carbonyl (C=O) groups is 1. The molecule has 2 atom stereocenters. The molecule has 0 spiro atoms. The second-order valence-electron chi connectivity index (χ2n) is 10.0. The summed E-state index contributed by atoms with van der Waals surface area (Å²) in [7, 11) is -2.81. The Morgan fingerprint density at radius 3 is 2.11 bits per heavy atom. The number of aromatic amines is 1. The van der Waals surface area contributed by atoms with Gasteiger partial charge in [-0.2, -0.15) is 0 Å². The molecule has 0 saturated heterocycles. The van der Waals surface area contributed by atoms with Crippen LogP contribution in [0.15, 0.2) is 94.2 Å². The van der Waals surface area contributed by atoms with Crippen LogP contribution >= 0.6 is 0 Å². The molecule has 2 heterocycles. The quantitative estimate of drug-likeness (QED) is 0.278. The normalized spacial score (nSPS) is 17.9. The van der Waals surface area contributed by atoms with Crippen LogP contribution in [0.2, 0.25) is 5.04 Å². The number of nitrogens with zero attached hydrogens (tertiary/aromatic N) is 1. The number of hydrogen-bond donors (Lipinski definition) is 1. The predicted octanol–water partition coefficient (Wildman–Crippen LogP) is 2.50. The number of rotatable bonds is 8. The summed E-state index contributed by atoms with van der Waals surface area (Å²) in [6.45, 7) is 8.09. The first-order chi connectivity index (χ1) is 17.6. The molecular weight excluding hydrogens is 488 g/mol. The summed E-state index contributed by atoms with van der Waals surface area (Å²) in [5, 5.41) is 2.07. The van der Waals surface area contributed by atoms with Crippen molar-refractivity contribution in [2.75, 3.05) is 13.2 Å². The van der Waals surface area contributed by atoms with E-state index in [9.17, 15) is 14.4 Å². The zero-order chi connectivity index (χ0) is 26.6. The number of benzene rings is 2. The van der Waals surface area contributed by atoms with E-state index in [0.29, 0.717) is 5.57 Å². The van der Waals surface area contributed by atoms with Crippen LogP contribution in [0, 0.1) is 0 Å². The first kappa shape index (κ1) is 26.5. The minimum absolute atomic E-state index is 0.0404. The van der Waals surface area contributed by atoms with E-state index in [-0.39, 0.29) is 18.3 Å². The van der Waals surface area contributed by atoms with Crippen molar-refractivity contribution in [2.45, 2.75) is 45.1 Å². The molecule has 0 saturated carbocycles. The molecule has 0 fully saturated rings. The van der Waals surface area contributed by atoms with Crippen LogP contribution in [-0.4, -0.2) is 43.2 Å². The SMILES string of the molecule is CC(=O)OCC1=C[C@@H](CO[Si](c2ccccc2)(c2ccccc2)C(C)(C)C)O[C@H]1n1ccc(=O)[nH]c1=O. The molecular formula is C28H32N2O6Si. The Kier molecular flexibility index (Phi) is 7.77. The Bertz CT molecular complexity index is 1340. The first-order valence-electron chi connectivity index (χ1n) is 12.2. The molecule has 1 N–H and O–H groups in total. The zero-order valence-corrected chi connectivity index (χ0v) is 22.5. The fourth-order valence-corrected chi connectivity index (χ4v) is 9.40. The third-order valence-corrected chi connectivity index (χ3v) is 11.5. The highest BCUT2D eigenvalue weighted by Gasteiger charge is 2.50. The van der Waals surface area contributed by atoms with Crippen molar-refractivity contribution in [3.63, 3.8) is 0 Å². The van der Waals surface area contributed by atoms with E-state index < -0.39 is 37.9 Å².